The summed E-state index contributed by atoms with van der Waals surface area (Å²) in [4.78, 5) is 15.4. The number of nitrogens with zero attached hydrogens (tertiary/aromatic N) is 1. The summed E-state index contributed by atoms with van der Waals surface area (Å²) in [6, 6.07) is 8.14. The van der Waals surface area contributed by atoms with Gasteiger partial charge in [-0.1, -0.05) is 24.6 Å². The van der Waals surface area contributed by atoms with Crippen LogP contribution in [0.2, 0.25) is 0 Å². The van der Waals surface area contributed by atoms with Crippen LogP contribution in [0.5, 0.6) is 5.75 Å². The van der Waals surface area contributed by atoms with Crippen LogP contribution in [-0.4, -0.2) is 49.4 Å². The molecule has 3 aliphatic rings. The monoisotopic (exact) mass is 359 g/mol. The van der Waals surface area contributed by atoms with Crippen LogP contribution in [-0.2, 0) is 20.8 Å². The lowest BCUT2D eigenvalue weighted by atomic mass is 9.85. The van der Waals surface area contributed by atoms with E-state index in [-0.39, 0.29) is 23.5 Å². The molecule has 0 bridgehead atoms. The van der Waals surface area contributed by atoms with Crippen LogP contribution in [0.4, 0.5) is 0 Å². The van der Waals surface area contributed by atoms with E-state index >= 15 is 0 Å². The van der Waals surface area contributed by atoms with Crippen molar-refractivity contribution >= 4 is 5.91 Å². The highest BCUT2D eigenvalue weighted by Crippen LogP contribution is 2.36. The Kier molecular flexibility index (Phi) is 5.18. The van der Waals surface area contributed by atoms with E-state index in [1.807, 2.05) is 23.1 Å². The number of benzene rings is 1. The molecule has 5 heteroatoms. The summed E-state index contributed by atoms with van der Waals surface area (Å²) < 4.78 is 17.6. The van der Waals surface area contributed by atoms with Crippen molar-refractivity contribution in [2.24, 2.45) is 5.92 Å². The van der Waals surface area contributed by atoms with E-state index in [4.69, 9.17) is 14.2 Å². The first-order valence-corrected chi connectivity index (χ1v) is 9.85. The molecule has 26 heavy (non-hydrogen) atoms. The van der Waals surface area contributed by atoms with Gasteiger partial charge >= 0.3 is 0 Å². The van der Waals surface area contributed by atoms with Crippen molar-refractivity contribution in [2.75, 3.05) is 26.9 Å². The van der Waals surface area contributed by atoms with Gasteiger partial charge in [0.2, 0.25) is 5.91 Å². The number of methoxy groups -OCH3 is 1. The molecule has 4 rings (SSSR count). The van der Waals surface area contributed by atoms with Crippen LogP contribution in [0.15, 0.2) is 24.3 Å². The predicted molar refractivity (Wildman–Crippen MR) is 98.0 cm³/mol. The average molecular weight is 359 g/mol. The van der Waals surface area contributed by atoms with Gasteiger partial charge in [0.05, 0.1) is 25.9 Å². The molecule has 0 aromatic heterocycles. The van der Waals surface area contributed by atoms with Gasteiger partial charge in [0.15, 0.2) is 0 Å². The standard InChI is InChI=1S/C21H29NO4/c1-24-18-7-4-6-16(13-18)20(23)22-14-17-5-2-3-8-19(17)26-21(15-22)9-11-25-12-10-21/h2-3,5,8,16,18H,4,6-7,9-15H2,1H3/t16-,18+/m1/s1. The number of rotatable bonds is 2. The fourth-order valence-electron chi connectivity index (χ4n) is 4.61. The number of carbonyl (C=O) groups excluding carboxylic acids is 1. The highest BCUT2D eigenvalue weighted by atomic mass is 16.5. The van der Waals surface area contributed by atoms with Crippen LogP contribution in [0.25, 0.3) is 0 Å². The first-order valence-electron chi connectivity index (χ1n) is 9.85. The first kappa shape index (κ1) is 17.8. The Morgan fingerprint density at radius 2 is 2.04 bits per heavy atom. The van der Waals surface area contributed by atoms with E-state index in [9.17, 15) is 4.79 Å². The quantitative estimate of drug-likeness (QED) is 0.814. The Morgan fingerprint density at radius 3 is 2.85 bits per heavy atom. The molecule has 1 spiro atoms. The van der Waals surface area contributed by atoms with Gasteiger partial charge in [0.25, 0.3) is 0 Å². The van der Waals surface area contributed by atoms with Crippen LogP contribution in [0.1, 0.15) is 44.1 Å². The number of amides is 1. The lowest BCUT2D eigenvalue weighted by Crippen LogP contribution is -2.52. The molecule has 0 N–H and O–H groups in total. The number of hydrogen-bond donors (Lipinski definition) is 0. The van der Waals surface area contributed by atoms with Crippen molar-refractivity contribution < 1.29 is 19.0 Å². The number of fused-ring (bicyclic) bond motifs is 1. The van der Waals surface area contributed by atoms with Crippen molar-refractivity contribution in [1.29, 1.82) is 0 Å². The van der Waals surface area contributed by atoms with Crippen molar-refractivity contribution in [2.45, 2.75) is 56.8 Å². The van der Waals surface area contributed by atoms with Gasteiger partial charge in [-0.05, 0) is 25.3 Å². The largest absolute Gasteiger partial charge is 0.485 e. The van der Waals surface area contributed by atoms with Gasteiger partial charge in [0.1, 0.15) is 11.4 Å². The molecule has 2 atom stereocenters. The SMILES string of the molecule is CO[C@H]1CCC[C@@H](C(=O)N2Cc3ccccc3OC3(CCOCC3)C2)C1. The van der Waals surface area contributed by atoms with Crippen molar-refractivity contribution in [1.82, 2.24) is 4.90 Å². The highest BCUT2D eigenvalue weighted by molar-refractivity contribution is 5.79. The van der Waals surface area contributed by atoms with E-state index < -0.39 is 0 Å². The molecule has 1 saturated carbocycles. The summed E-state index contributed by atoms with van der Waals surface area (Å²) in [7, 11) is 1.75. The minimum atomic E-state index is -0.324. The average Bonchev–Trinajstić information content (AvgIpc) is 2.84. The molecular weight excluding hydrogens is 330 g/mol. The van der Waals surface area contributed by atoms with Gasteiger partial charge in [-0.25, -0.2) is 0 Å². The zero-order valence-corrected chi connectivity index (χ0v) is 15.6. The Balaban J connectivity index is 1.59. The van der Waals surface area contributed by atoms with Gasteiger partial charge in [-0.15, -0.1) is 0 Å². The fourth-order valence-corrected chi connectivity index (χ4v) is 4.61. The molecule has 1 aromatic carbocycles. The third-order valence-corrected chi connectivity index (χ3v) is 6.16. The second kappa shape index (κ2) is 7.57. The topological polar surface area (TPSA) is 48.0 Å². The molecule has 1 aromatic rings. The third kappa shape index (κ3) is 3.60. The molecule has 2 aliphatic heterocycles. The molecule has 0 radical (unpaired) electrons. The summed E-state index contributed by atoms with van der Waals surface area (Å²) in [5, 5.41) is 0. The minimum Gasteiger partial charge on any atom is -0.485 e. The Hall–Kier alpha value is -1.59. The normalized spacial score (nSPS) is 28.1. The molecule has 5 nitrogen and oxygen atoms in total. The number of carbonyl (C=O) groups is 1. The molecular formula is C21H29NO4. The minimum absolute atomic E-state index is 0.0656. The number of para-hydroxylation sites is 1. The molecule has 2 fully saturated rings. The molecule has 142 valence electrons. The molecule has 1 saturated heterocycles. The molecule has 0 unspecified atom stereocenters. The summed E-state index contributed by atoms with van der Waals surface area (Å²) in [5.74, 6) is 1.25. The van der Waals surface area contributed by atoms with Crippen LogP contribution >= 0.6 is 0 Å². The van der Waals surface area contributed by atoms with Gasteiger partial charge in [0, 0.05) is 38.0 Å². The summed E-state index contributed by atoms with van der Waals surface area (Å²) >= 11 is 0. The Morgan fingerprint density at radius 1 is 1.23 bits per heavy atom. The maximum atomic E-state index is 13.4. The summed E-state index contributed by atoms with van der Waals surface area (Å²) in [6.45, 7) is 2.67. The van der Waals surface area contributed by atoms with Crippen LogP contribution < -0.4 is 4.74 Å². The first-order chi connectivity index (χ1) is 12.7. The second-order valence-corrected chi connectivity index (χ2v) is 7.92. The van der Waals surface area contributed by atoms with Gasteiger partial charge < -0.3 is 19.1 Å². The smallest absolute Gasteiger partial charge is 0.226 e. The zero-order valence-electron chi connectivity index (χ0n) is 15.6. The number of ether oxygens (including phenoxy) is 3. The van der Waals surface area contributed by atoms with E-state index in [0.717, 1.165) is 49.8 Å². The van der Waals surface area contributed by atoms with Crippen molar-refractivity contribution in [3.05, 3.63) is 29.8 Å². The predicted octanol–water partition coefficient (Wildman–Crippen LogP) is 3.16. The third-order valence-electron chi connectivity index (χ3n) is 6.16. The Bertz CT molecular complexity index is 641. The van der Waals surface area contributed by atoms with E-state index in [0.29, 0.717) is 26.3 Å². The van der Waals surface area contributed by atoms with Crippen molar-refractivity contribution in [3.63, 3.8) is 0 Å². The zero-order chi connectivity index (χ0) is 18.0. The maximum absolute atomic E-state index is 13.4. The fraction of sp³-hybridized carbons (Fsp3) is 0.667. The van der Waals surface area contributed by atoms with Gasteiger partial charge in [-0.2, -0.15) is 0 Å². The van der Waals surface area contributed by atoms with E-state index in [1.165, 1.54) is 0 Å². The molecule has 2 heterocycles. The summed E-state index contributed by atoms with van der Waals surface area (Å²) in [6.07, 6.45) is 5.80. The maximum Gasteiger partial charge on any atom is 0.226 e. The van der Waals surface area contributed by atoms with Gasteiger partial charge in [-0.3, -0.25) is 4.79 Å². The number of hydrogen-bond acceptors (Lipinski definition) is 4. The molecule has 1 aliphatic carbocycles. The molecule has 1 amide bonds. The van der Waals surface area contributed by atoms with Crippen LogP contribution in [0, 0.1) is 5.92 Å². The lowest BCUT2D eigenvalue weighted by Gasteiger charge is -2.40. The highest BCUT2D eigenvalue weighted by Gasteiger charge is 2.42. The lowest BCUT2D eigenvalue weighted by molar-refractivity contribution is -0.143. The summed E-state index contributed by atoms with van der Waals surface area (Å²) in [5.41, 5.74) is 0.777. The second-order valence-electron chi connectivity index (χ2n) is 7.92. The van der Waals surface area contributed by atoms with E-state index in [2.05, 4.69) is 6.07 Å². The Labute approximate surface area is 155 Å². The van der Waals surface area contributed by atoms with E-state index in [1.54, 1.807) is 7.11 Å². The van der Waals surface area contributed by atoms with Crippen molar-refractivity contribution in [3.8, 4) is 5.75 Å². The van der Waals surface area contributed by atoms with Crippen LogP contribution in [0.3, 0.4) is 0 Å².